The number of benzene rings is 2. The second-order valence-electron chi connectivity index (χ2n) is 5.66. The van der Waals surface area contributed by atoms with Crippen molar-refractivity contribution < 1.29 is 5.11 Å². The molecule has 2 aromatic carbocycles. The molecule has 0 spiro atoms. The van der Waals surface area contributed by atoms with Crippen LogP contribution in [0.25, 0.3) is 10.8 Å². The molecule has 1 aromatic heterocycles. The Hall–Kier alpha value is -1.71. The summed E-state index contributed by atoms with van der Waals surface area (Å²) in [6.45, 7) is 0.124. The fraction of sp³-hybridized carbons (Fsp3) is 0.278. The van der Waals surface area contributed by atoms with Crippen molar-refractivity contribution >= 4 is 22.1 Å². The maximum atomic E-state index is 9.52. The van der Waals surface area contributed by atoms with E-state index in [0.717, 1.165) is 22.0 Å². The minimum Gasteiger partial charge on any atom is -0.391 e. The van der Waals surface area contributed by atoms with E-state index in [2.05, 4.69) is 42.5 Å². The van der Waals surface area contributed by atoms with Gasteiger partial charge >= 0.3 is 0 Å². The quantitative estimate of drug-likeness (QED) is 0.780. The number of rotatable bonds is 4. The van der Waals surface area contributed by atoms with Crippen molar-refractivity contribution in [3.63, 3.8) is 0 Å². The maximum Gasteiger partial charge on any atom is 0.0976 e. The molecule has 21 heavy (non-hydrogen) atoms. The van der Waals surface area contributed by atoms with Crippen LogP contribution in [0.2, 0.25) is 0 Å². The highest BCUT2D eigenvalue weighted by Gasteiger charge is 2.29. The van der Waals surface area contributed by atoms with E-state index in [9.17, 15) is 5.11 Å². The highest BCUT2D eigenvalue weighted by Crippen LogP contribution is 2.43. The lowest BCUT2D eigenvalue weighted by Crippen LogP contribution is -1.91. The molecule has 0 atom stereocenters. The van der Waals surface area contributed by atoms with Crippen LogP contribution in [-0.4, -0.2) is 10.1 Å². The van der Waals surface area contributed by atoms with Gasteiger partial charge in [-0.3, -0.25) is 0 Å². The molecule has 0 amide bonds. The van der Waals surface area contributed by atoms with Gasteiger partial charge in [0.1, 0.15) is 0 Å². The summed E-state index contributed by atoms with van der Waals surface area (Å²) in [4.78, 5) is 5.87. The summed E-state index contributed by atoms with van der Waals surface area (Å²) in [7, 11) is 0. The Balaban J connectivity index is 1.71. The first-order valence-corrected chi connectivity index (χ1v) is 8.23. The molecule has 3 heteroatoms. The summed E-state index contributed by atoms with van der Waals surface area (Å²) >= 11 is 1.67. The van der Waals surface area contributed by atoms with Crippen LogP contribution in [0.3, 0.4) is 0 Å². The zero-order valence-electron chi connectivity index (χ0n) is 11.7. The van der Waals surface area contributed by atoms with Crippen LogP contribution in [0.1, 0.15) is 39.9 Å². The molecule has 106 valence electrons. The summed E-state index contributed by atoms with van der Waals surface area (Å²) in [6.07, 6.45) is 3.31. The molecule has 0 unspecified atom stereocenters. The van der Waals surface area contributed by atoms with Crippen molar-refractivity contribution in [3.8, 4) is 0 Å². The average Bonchev–Trinajstić information content (AvgIpc) is 3.29. The molecule has 0 bridgehead atoms. The second-order valence-corrected chi connectivity index (χ2v) is 6.83. The third-order valence-corrected chi connectivity index (χ3v) is 5.16. The van der Waals surface area contributed by atoms with E-state index >= 15 is 0 Å². The van der Waals surface area contributed by atoms with Crippen molar-refractivity contribution in [2.24, 2.45) is 0 Å². The van der Waals surface area contributed by atoms with Crippen molar-refractivity contribution in [1.82, 2.24) is 4.98 Å². The number of fused-ring (bicyclic) bond motifs is 1. The molecule has 1 aliphatic carbocycles. The van der Waals surface area contributed by atoms with Gasteiger partial charge in [-0.15, -0.1) is 11.3 Å². The third kappa shape index (κ3) is 2.47. The monoisotopic (exact) mass is 295 g/mol. The molecule has 1 heterocycles. The van der Waals surface area contributed by atoms with Crippen LogP contribution < -0.4 is 0 Å². The van der Waals surface area contributed by atoms with E-state index < -0.39 is 0 Å². The highest BCUT2D eigenvalue weighted by molar-refractivity contribution is 7.11. The van der Waals surface area contributed by atoms with E-state index in [4.69, 9.17) is 4.98 Å². The van der Waals surface area contributed by atoms with Crippen LogP contribution in [0.5, 0.6) is 0 Å². The fourth-order valence-electron chi connectivity index (χ4n) is 2.89. The molecule has 3 aromatic rings. The molecule has 1 N–H and O–H groups in total. The van der Waals surface area contributed by atoms with E-state index in [0.29, 0.717) is 5.92 Å². The Morgan fingerprint density at radius 2 is 1.90 bits per heavy atom. The van der Waals surface area contributed by atoms with Crippen LogP contribution in [0, 0.1) is 0 Å². The molecular weight excluding hydrogens is 278 g/mol. The predicted molar refractivity (Wildman–Crippen MR) is 86.8 cm³/mol. The first-order valence-electron chi connectivity index (χ1n) is 7.41. The first kappa shape index (κ1) is 13.0. The number of hydrogen-bond acceptors (Lipinski definition) is 3. The molecule has 4 rings (SSSR count). The standard InChI is InChI=1S/C18H17NOS/c20-11-16-18(13-8-9-13)19-17(21-16)10-14-6-3-5-12-4-1-2-7-15(12)14/h1-7,13,20H,8-11H2. The Kier molecular flexibility index (Phi) is 3.24. The largest absolute Gasteiger partial charge is 0.391 e. The maximum absolute atomic E-state index is 9.52. The van der Waals surface area contributed by atoms with Crippen molar-refractivity contribution in [2.45, 2.75) is 31.8 Å². The molecule has 1 fully saturated rings. The van der Waals surface area contributed by atoms with Gasteiger partial charge in [-0.25, -0.2) is 4.98 Å². The molecule has 0 saturated heterocycles. The lowest BCUT2D eigenvalue weighted by molar-refractivity contribution is 0.284. The number of thiazole rings is 1. The Bertz CT molecular complexity index is 784. The van der Waals surface area contributed by atoms with Gasteiger partial charge < -0.3 is 5.11 Å². The molecule has 2 nitrogen and oxygen atoms in total. The molecule has 1 aliphatic rings. The number of nitrogens with zero attached hydrogens (tertiary/aromatic N) is 1. The van der Waals surface area contributed by atoms with Crippen LogP contribution in [-0.2, 0) is 13.0 Å². The zero-order chi connectivity index (χ0) is 14.2. The van der Waals surface area contributed by atoms with Gasteiger partial charge in [-0.05, 0) is 29.2 Å². The van der Waals surface area contributed by atoms with Crippen molar-refractivity contribution in [3.05, 3.63) is 63.6 Å². The second kappa shape index (κ2) is 5.24. The van der Waals surface area contributed by atoms with Crippen LogP contribution in [0.4, 0.5) is 0 Å². The van der Waals surface area contributed by atoms with Gasteiger partial charge in [-0.2, -0.15) is 0 Å². The lowest BCUT2D eigenvalue weighted by atomic mass is 10.0. The zero-order valence-corrected chi connectivity index (χ0v) is 12.6. The van der Waals surface area contributed by atoms with E-state index in [1.54, 1.807) is 11.3 Å². The van der Waals surface area contributed by atoms with Gasteiger partial charge in [0, 0.05) is 12.3 Å². The Morgan fingerprint density at radius 1 is 1.10 bits per heavy atom. The summed E-state index contributed by atoms with van der Waals surface area (Å²) in [5.41, 5.74) is 2.46. The Morgan fingerprint density at radius 3 is 2.71 bits per heavy atom. The van der Waals surface area contributed by atoms with Crippen molar-refractivity contribution in [1.29, 1.82) is 0 Å². The van der Waals surface area contributed by atoms with Crippen LogP contribution >= 0.6 is 11.3 Å². The first-order chi connectivity index (χ1) is 10.3. The third-order valence-electron chi connectivity index (χ3n) is 4.10. The highest BCUT2D eigenvalue weighted by atomic mass is 32.1. The SMILES string of the molecule is OCc1sc(Cc2cccc3ccccc23)nc1C1CC1. The number of hydrogen-bond donors (Lipinski definition) is 1. The van der Waals surface area contributed by atoms with Gasteiger partial charge in [0.25, 0.3) is 0 Å². The molecule has 1 saturated carbocycles. The topological polar surface area (TPSA) is 33.1 Å². The molecule has 0 aliphatic heterocycles. The molecule has 0 radical (unpaired) electrons. The number of aliphatic hydroxyl groups excluding tert-OH is 1. The molecular formula is C18H17NOS. The van der Waals surface area contributed by atoms with Gasteiger partial charge in [0.15, 0.2) is 0 Å². The lowest BCUT2D eigenvalue weighted by Gasteiger charge is -2.04. The normalized spacial score (nSPS) is 14.7. The smallest absolute Gasteiger partial charge is 0.0976 e. The number of aliphatic hydroxyl groups is 1. The van der Waals surface area contributed by atoms with Gasteiger partial charge in [-0.1, -0.05) is 42.5 Å². The summed E-state index contributed by atoms with van der Waals surface area (Å²) in [6, 6.07) is 14.9. The summed E-state index contributed by atoms with van der Waals surface area (Å²) in [5, 5.41) is 13.2. The predicted octanol–water partition coefficient (Wildman–Crippen LogP) is 4.26. The minimum absolute atomic E-state index is 0.124. The van der Waals surface area contributed by atoms with E-state index in [-0.39, 0.29) is 6.61 Å². The Labute approximate surface area is 128 Å². The van der Waals surface area contributed by atoms with Crippen LogP contribution in [0.15, 0.2) is 42.5 Å². The number of aromatic nitrogens is 1. The van der Waals surface area contributed by atoms with Crippen molar-refractivity contribution in [2.75, 3.05) is 0 Å². The van der Waals surface area contributed by atoms with Gasteiger partial charge in [0.2, 0.25) is 0 Å². The summed E-state index contributed by atoms with van der Waals surface area (Å²) < 4.78 is 0. The fourth-order valence-corrected chi connectivity index (χ4v) is 3.93. The van der Waals surface area contributed by atoms with E-state index in [1.165, 1.54) is 29.2 Å². The summed E-state index contributed by atoms with van der Waals surface area (Å²) in [5.74, 6) is 0.602. The minimum atomic E-state index is 0.124. The average molecular weight is 295 g/mol. The van der Waals surface area contributed by atoms with Gasteiger partial charge in [0.05, 0.1) is 22.2 Å². The van der Waals surface area contributed by atoms with E-state index in [1.807, 2.05) is 0 Å².